The van der Waals surface area contributed by atoms with Crippen LogP contribution in [0.25, 0.3) is 0 Å². The summed E-state index contributed by atoms with van der Waals surface area (Å²) >= 11 is 0. The molecule has 1 aliphatic heterocycles. The number of carbonyl (C=O) groups excluding carboxylic acids is 2. The molecule has 0 N–H and O–H groups in total. The topological polar surface area (TPSA) is 37.4 Å². The van der Waals surface area contributed by atoms with Crippen LogP contribution in [0.1, 0.15) is 37.3 Å². The summed E-state index contributed by atoms with van der Waals surface area (Å²) in [6.45, 7) is 6.87. The molecule has 4 aliphatic rings. The predicted molar refractivity (Wildman–Crippen MR) is 91.0 cm³/mol. The van der Waals surface area contributed by atoms with Crippen LogP contribution in [-0.4, -0.2) is 23.3 Å². The first-order valence-corrected chi connectivity index (χ1v) is 9.41. The van der Waals surface area contributed by atoms with Crippen molar-refractivity contribution in [2.24, 2.45) is 41.4 Å². The lowest BCUT2D eigenvalue weighted by Crippen LogP contribution is -2.36. The van der Waals surface area contributed by atoms with Crippen LogP contribution in [0, 0.1) is 48.3 Å². The minimum atomic E-state index is -0.00190. The number of nitrogens with zero attached hydrogens (tertiary/aromatic N) is 1. The molecule has 1 unspecified atom stereocenters. The number of hydrogen-bond acceptors (Lipinski definition) is 2. The Hall–Kier alpha value is -1.64. The van der Waals surface area contributed by atoms with Crippen molar-refractivity contribution < 1.29 is 9.59 Å². The Bertz CT molecular complexity index is 688. The number of fused-ring (bicyclic) bond motifs is 8. The van der Waals surface area contributed by atoms with Crippen LogP contribution in [0.4, 0.5) is 0 Å². The lowest BCUT2D eigenvalue weighted by Gasteiger charge is -2.20. The summed E-state index contributed by atoms with van der Waals surface area (Å²) in [6.07, 6.45) is 1.11. The highest BCUT2D eigenvalue weighted by molar-refractivity contribution is 6.06. The lowest BCUT2D eigenvalue weighted by molar-refractivity contribution is -0.141. The molecule has 3 aliphatic carbocycles. The first-order chi connectivity index (χ1) is 11.5. The Morgan fingerprint density at radius 1 is 0.958 bits per heavy atom. The number of imide groups is 1. The van der Waals surface area contributed by atoms with Gasteiger partial charge in [-0.2, -0.15) is 0 Å². The molecular formula is C21H25NO2. The molecule has 0 spiro atoms. The molecular weight excluding hydrogens is 298 g/mol. The quantitative estimate of drug-likeness (QED) is 0.801. The summed E-state index contributed by atoms with van der Waals surface area (Å²) in [7, 11) is 0. The first-order valence-electron chi connectivity index (χ1n) is 9.41. The van der Waals surface area contributed by atoms with Gasteiger partial charge in [0.1, 0.15) is 0 Å². The molecule has 1 aromatic carbocycles. The second-order valence-corrected chi connectivity index (χ2v) is 8.89. The molecule has 126 valence electrons. The van der Waals surface area contributed by atoms with Gasteiger partial charge < -0.3 is 0 Å². The van der Waals surface area contributed by atoms with Crippen LogP contribution in [0.2, 0.25) is 0 Å². The van der Waals surface area contributed by atoms with Gasteiger partial charge in [-0.15, -0.1) is 0 Å². The van der Waals surface area contributed by atoms with E-state index in [1.807, 2.05) is 0 Å². The first kappa shape index (κ1) is 14.7. The second kappa shape index (κ2) is 4.71. The van der Waals surface area contributed by atoms with Crippen molar-refractivity contribution in [3.8, 4) is 0 Å². The summed E-state index contributed by atoms with van der Waals surface area (Å²) in [6, 6.07) is 8.88. The van der Waals surface area contributed by atoms with E-state index >= 15 is 0 Å². The second-order valence-electron chi connectivity index (χ2n) is 8.89. The molecule has 2 bridgehead atoms. The highest BCUT2D eigenvalue weighted by Crippen LogP contribution is 2.77. The molecule has 1 saturated heterocycles. The van der Waals surface area contributed by atoms with E-state index < -0.39 is 0 Å². The van der Waals surface area contributed by atoms with Crippen molar-refractivity contribution >= 4 is 11.8 Å². The zero-order valence-electron chi connectivity index (χ0n) is 14.6. The van der Waals surface area contributed by atoms with Crippen molar-refractivity contribution in [3.63, 3.8) is 0 Å². The Kier molecular flexibility index (Phi) is 2.88. The minimum absolute atomic E-state index is 0.00190. The third-order valence-electron chi connectivity index (χ3n) is 7.09. The van der Waals surface area contributed by atoms with E-state index in [2.05, 4.69) is 45.0 Å². The average Bonchev–Trinajstić information content (AvgIpc) is 2.90. The standard InChI is InChI=1S/C21H25NO2/c1-10(2)9-22-20(23)18-13-8-14(19(18)21(22)24)17-15(16(13)17)12-6-4-11(3)5-7-12/h4-7,10,13-19H,8-9H2,1-3H3/t13-,14+,15?,16-,17+,18+,19-. The van der Waals surface area contributed by atoms with E-state index in [1.54, 1.807) is 4.90 Å². The van der Waals surface area contributed by atoms with Crippen molar-refractivity contribution in [2.75, 3.05) is 6.54 Å². The van der Waals surface area contributed by atoms with Gasteiger partial charge >= 0.3 is 0 Å². The van der Waals surface area contributed by atoms with E-state index in [9.17, 15) is 9.59 Å². The molecule has 1 aromatic rings. The molecule has 5 rings (SSSR count). The van der Waals surface area contributed by atoms with Gasteiger partial charge in [-0.1, -0.05) is 43.7 Å². The molecule has 1 heterocycles. The van der Waals surface area contributed by atoms with Gasteiger partial charge in [0, 0.05) is 6.54 Å². The van der Waals surface area contributed by atoms with Crippen molar-refractivity contribution in [3.05, 3.63) is 35.4 Å². The maximum absolute atomic E-state index is 12.9. The van der Waals surface area contributed by atoms with Gasteiger partial charge in [-0.05, 0) is 54.4 Å². The Balaban J connectivity index is 1.42. The Morgan fingerprint density at radius 2 is 1.50 bits per heavy atom. The molecule has 24 heavy (non-hydrogen) atoms. The highest BCUT2D eigenvalue weighted by atomic mass is 16.2. The summed E-state index contributed by atoms with van der Waals surface area (Å²) in [4.78, 5) is 27.3. The average molecular weight is 323 g/mol. The number of hydrogen-bond donors (Lipinski definition) is 0. The maximum atomic E-state index is 12.9. The number of aryl methyl sites for hydroxylation is 1. The van der Waals surface area contributed by atoms with Crippen LogP contribution < -0.4 is 0 Å². The zero-order chi connectivity index (χ0) is 16.7. The summed E-state index contributed by atoms with van der Waals surface area (Å²) in [5.74, 6) is 3.41. The van der Waals surface area contributed by atoms with Gasteiger partial charge in [-0.25, -0.2) is 0 Å². The van der Waals surface area contributed by atoms with Crippen LogP contribution in [0.5, 0.6) is 0 Å². The fourth-order valence-corrected chi connectivity index (χ4v) is 6.32. The zero-order valence-corrected chi connectivity index (χ0v) is 14.6. The van der Waals surface area contributed by atoms with Crippen molar-refractivity contribution in [2.45, 2.75) is 33.1 Å². The van der Waals surface area contributed by atoms with Crippen LogP contribution in [0.3, 0.4) is 0 Å². The van der Waals surface area contributed by atoms with E-state index in [1.165, 1.54) is 11.1 Å². The third kappa shape index (κ3) is 1.73. The SMILES string of the molecule is Cc1ccc(C2[C@@H]3[C@@H]4C[C@@H]([C@@H]5C(=O)N(CC(C)C)C(=O)[C@H]45)[C@H]23)cc1. The van der Waals surface area contributed by atoms with Crippen LogP contribution >= 0.6 is 0 Å². The van der Waals surface area contributed by atoms with Gasteiger partial charge in [-0.3, -0.25) is 14.5 Å². The van der Waals surface area contributed by atoms with Gasteiger partial charge in [0.05, 0.1) is 11.8 Å². The Morgan fingerprint density at radius 3 is 2.00 bits per heavy atom. The molecule has 3 heteroatoms. The van der Waals surface area contributed by atoms with Crippen LogP contribution in [0.15, 0.2) is 24.3 Å². The molecule has 7 atom stereocenters. The van der Waals surface area contributed by atoms with E-state index in [0.717, 1.165) is 6.42 Å². The highest BCUT2D eigenvalue weighted by Gasteiger charge is 2.75. The van der Waals surface area contributed by atoms with Gasteiger partial charge in [0.25, 0.3) is 0 Å². The largest absolute Gasteiger partial charge is 0.282 e. The lowest BCUT2D eigenvalue weighted by atomic mass is 9.81. The number of carbonyl (C=O) groups is 2. The fraction of sp³-hybridized carbons (Fsp3) is 0.619. The third-order valence-corrected chi connectivity index (χ3v) is 7.09. The number of benzene rings is 1. The Labute approximate surface area is 143 Å². The number of rotatable bonds is 3. The molecule has 3 saturated carbocycles. The van der Waals surface area contributed by atoms with Crippen molar-refractivity contribution in [1.82, 2.24) is 4.90 Å². The molecule has 3 nitrogen and oxygen atoms in total. The predicted octanol–water partition coefficient (Wildman–Crippen LogP) is 3.23. The summed E-state index contributed by atoms with van der Waals surface area (Å²) in [5.41, 5.74) is 2.71. The summed E-state index contributed by atoms with van der Waals surface area (Å²) in [5, 5.41) is 0. The summed E-state index contributed by atoms with van der Waals surface area (Å²) < 4.78 is 0. The maximum Gasteiger partial charge on any atom is 0.233 e. The van der Waals surface area contributed by atoms with Gasteiger partial charge in [0.2, 0.25) is 11.8 Å². The van der Waals surface area contributed by atoms with E-state index in [4.69, 9.17) is 0 Å². The fourth-order valence-electron chi connectivity index (χ4n) is 6.32. The van der Waals surface area contributed by atoms with E-state index in [-0.39, 0.29) is 23.7 Å². The number of likely N-dealkylation sites (tertiary alicyclic amines) is 1. The number of amides is 2. The monoisotopic (exact) mass is 323 g/mol. The van der Waals surface area contributed by atoms with Crippen LogP contribution in [-0.2, 0) is 9.59 Å². The normalized spacial score (nSPS) is 42.0. The molecule has 0 radical (unpaired) electrons. The van der Waals surface area contributed by atoms with Crippen molar-refractivity contribution in [1.29, 1.82) is 0 Å². The smallest absolute Gasteiger partial charge is 0.233 e. The van der Waals surface area contributed by atoms with Gasteiger partial charge in [0.15, 0.2) is 0 Å². The molecule has 0 aromatic heterocycles. The van der Waals surface area contributed by atoms with E-state index in [0.29, 0.717) is 42.1 Å². The molecule has 2 amide bonds. The molecule has 4 fully saturated rings. The minimum Gasteiger partial charge on any atom is -0.282 e.